The molecule has 1 heterocycles. The highest BCUT2D eigenvalue weighted by atomic mass is 32.2. The average molecular weight is 332 g/mol. The maximum Gasteiger partial charge on any atom is 0.230 e. The molecule has 1 fully saturated rings. The van der Waals surface area contributed by atoms with Crippen LogP contribution in [0, 0.1) is 0 Å². The highest BCUT2D eigenvalue weighted by Crippen LogP contribution is 2.27. The fourth-order valence-electron chi connectivity index (χ4n) is 3.39. The van der Waals surface area contributed by atoms with E-state index in [1.54, 1.807) is 18.7 Å². The molecular formula is C18H24N2O2S. The normalized spacial score (nSPS) is 17.9. The Hall–Kier alpha value is -1.49. The molecule has 0 spiro atoms. The van der Waals surface area contributed by atoms with Gasteiger partial charge in [0.05, 0.1) is 5.75 Å². The van der Waals surface area contributed by atoms with Gasteiger partial charge in [-0.3, -0.25) is 9.59 Å². The van der Waals surface area contributed by atoms with Gasteiger partial charge in [0.2, 0.25) is 11.8 Å². The van der Waals surface area contributed by atoms with Crippen molar-refractivity contribution >= 4 is 23.6 Å². The number of thioether (sulfide) groups is 1. The number of hydrogen-bond acceptors (Lipinski definition) is 3. The Morgan fingerprint density at radius 1 is 1.22 bits per heavy atom. The van der Waals surface area contributed by atoms with Gasteiger partial charge in [0.25, 0.3) is 0 Å². The largest absolute Gasteiger partial charge is 0.353 e. The molecule has 4 nitrogen and oxygen atoms in total. The number of aryl methyl sites for hydroxylation is 2. The van der Waals surface area contributed by atoms with Gasteiger partial charge >= 0.3 is 0 Å². The van der Waals surface area contributed by atoms with Crippen LogP contribution in [0.15, 0.2) is 23.1 Å². The number of piperidine rings is 1. The zero-order valence-corrected chi connectivity index (χ0v) is 14.5. The third kappa shape index (κ3) is 4.28. The number of benzene rings is 1. The molecule has 0 bridgehead atoms. The van der Waals surface area contributed by atoms with Gasteiger partial charge in [0, 0.05) is 31.0 Å². The first-order valence-corrected chi connectivity index (χ1v) is 9.40. The predicted octanol–water partition coefficient (Wildman–Crippen LogP) is 2.39. The highest BCUT2D eigenvalue weighted by molar-refractivity contribution is 8.00. The smallest absolute Gasteiger partial charge is 0.230 e. The summed E-state index contributed by atoms with van der Waals surface area (Å²) in [6, 6.07) is 6.79. The van der Waals surface area contributed by atoms with Crippen molar-refractivity contribution in [2.75, 3.05) is 18.8 Å². The Labute approximate surface area is 142 Å². The Morgan fingerprint density at radius 3 is 2.70 bits per heavy atom. The van der Waals surface area contributed by atoms with Crippen molar-refractivity contribution in [2.24, 2.45) is 0 Å². The van der Waals surface area contributed by atoms with Gasteiger partial charge in [-0.2, -0.15) is 0 Å². The molecule has 2 amide bonds. The highest BCUT2D eigenvalue weighted by Gasteiger charge is 2.21. The summed E-state index contributed by atoms with van der Waals surface area (Å²) in [5.41, 5.74) is 2.92. The second kappa shape index (κ2) is 7.39. The summed E-state index contributed by atoms with van der Waals surface area (Å²) in [6.07, 6.45) is 5.33. The zero-order valence-electron chi connectivity index (χ0n) is 13.6. The quantitative estimate of drug-likeness (QED) is 0.862. The standard InChI is InChI=1S/C18H24N2O2S/c1-13(21)20-9-7-16(8-10-20)19-18(22)12-23-17-6-5-14-3-2-4-15(14)11-17/h5-6,11,16H,2-4,7-10,12H2,1H3,(H,19,22). The van der Waals surface area contributed by atoms with E-state index >= 15 is 0 Å². The van der Waals surface area contributed by atoms with E-state index in [4.69, 9.17) is 0 Å². The molecule has 1 aliphatic heterocycles. The summed E-state index contributed by atoms with van der Waals surface area (Å²) in [7, 11) is 0. The van der Waals surface area contributed by atoms with Crippen LogP contribution in [0.3, 0.4) is 0 Å². The summed E-state index contributed by atoms with van der Waals surface area (Å²) in [4.78, 5) is 26.5. The van der Waals surface area contributed by atoms with Crippen molar-refractivity contribution in [3.05, 3.63) is 29.3 Å². The van der Waals surface area contributed by atoms with Gasteiger partial charge in [0.15, 0.2) is 0 Å². The minimum atomic E-state index is 0.0942. The van der Waals surface area contributed by atoms with E-state index in [2.05, 4.69) is 23.5 Å². The van der Waals surface area contributed by atoms with Crippen molar-refractivity contribution in [3.63, 3.8) is 0 Å². The van der Waals surface area contributed by atoms with Crippen LogP contribution >= 0.6 is 11.8 Å². The molecule has 1 aliphatic carbocycles. The fraction of sp³-hybridized carbons (Fsp3) is 0.556. The van der Waals surface area contributed by atoms with Crippen molar-refractivity contribution in [1.82, 2.24) is 10.2 Å². The van der Waals surface area contributed by atoms with Crippen molar-refractivity contribution in [2.45, 2.75) is 50.0 Å². The lowest BCUT2D eigenvalue weighted by Gasteiger charge is -2.31. The molecule has 0 radical (unpaired) electrons. The lowest BCUT2D eigenvalue weighted by atomic mass is 10.1. The first-order chi connectivity index (χ1) is 11.1. The first-order valence-electron chi connectivity index (χ1n) is 8.41. The molecule has 0 unspecified atom stereocenters. The SMILES string of the molecule is CC(=O)N1CCC(NC(=O)CSc2ccc3c(c2)CCC3)CC1. The molecular weight excluding hydrogens is 308 g/mol. The molecule has 5 heteroatoms. The summed E-state index contributed by atoms with van der Waals surface area (Å²) in [6.45, 7) is 3.10. The van der Waals surface area contributed by atoms with Crippen LogP contribution in [-0.4, -0.2) is 41.6 Å². The number of carbonyl (C=O) groups excluding carboxylic acids is 2. The molecule has 0 atom stereocenters. The molecule has 0 saturated carbocycles. The zero-order chi connectivity index (χ0) is 16.2. The third-order valence-electron chi connectivity index (χ3n) is 4.75. The van der Waals surface area contributed by atoms with Crippen LogP contribution in [0.1, 0.15) is 37.3 Å². The van der Waals surface area contributed by atoms with Gasteiger partial charge in [-0.15, -0.1) is 11.8 Å². The lowest BCUT2D eigenvalue weighted by molar-refractivity contribution is -0.130. The summed E-state index contributed by atoms with van der Waals surface area (Å²) < 4.78 is 0. The summed E-state index contributed by atoms with van der Waals surface area (Å²) in [5.74, 6) is 0.685. The molecule has 1 saturated heterocycles. The van der Waals surface area contributed by atoms with Gasteiger partial charge in [0.1, 0.15) is 0 Å². The molecule has 1 aromatic rings. The monoisotopic (exact) mass is 332 g/mol. The number of hydrogen-bond donors (Lipinski definition) is 1. The first kappa shape index (κ1) is 16.4. The van der Waals surface area contributed by atoms with Crippen molar-refractivity contribution < 1.29 is 9.59 Å². The van der Waals surface area contributed by atoms with E-state index in [9.17, 15) is 9.59 Å². The second-order valence-electron chi connectivity index (χ2n) is 6.42. The topological polar surface area (TPSA) is 49.4 Å². The van der Waals surface area contributed by atoms with Crippen LogP contribution in [0.2, 0.25) is 0 Å². The van der Waals surface area contributed by atoms with E-state index < -0.39 is 0 Å². The van der Waals surface area contributed by atoms with E-state index in [1.165, 1.54) is 35.3 Å². The van der Waals surface area contributed by atoms with E-state index in [0.29, 0.717) is 5.75 Å². The van der Waals surface area contributed by atoms with E-state index in [1.807, 2.05) is 4.90 Å². The number of amides is 2. The molecule has 124 valence electrons. The number of likely N-dealkylation sites (tertiary alicyclic amines) is 1. The second-order valence-corrected chi connectivity index (χ2v) is 7.47. The number of rotatable bonds is 4. The number of nitrogens with zero attached hydrogens (tertiary/aromatic N) is 1. The fourth-order valence-corrected chi connectivity index (χ4v) is 4.17. The van der Waals surface area contributed by atoms with Crippen molar-refractivity contribution in [1.29, 1.82) is 0 Å². The molecule has 23 heavy (non-hydrogen) atoms. The van der Waals surface area contributed by atoms with E-state index in [0.717, 1.165) is 25.9 Å². The lowest BCUT2D eigenvalue weighted by Crippen LogP contribution is -2.46. The minimum absolute atomic E-state index is 0.0942. The van der Waals surface area contributed by atoms with Crippen LogP contribution in [0.4, 0.5) is 0 Å². The van der Waals surface area contributed by atoms with Crippen LogP contribution in [0.25, 0.3) is 0 Å². The van der Waals surface area contributed by atoms with Crippen LogP contribution in [0.5, 0.6) is 0 Å². The average Bonchev–Trinajstić information content (AvgIpc) is 3.01. The maximum atomic E-state index is 12.1. The van der Waals surface area contributed by atoms with Crippen LogP contribution in [-0.2, 0) is 22.4 Å². The molecule has 3 rings (SSSR count). The summed E-state index contributed by atoms with van der Waals surface area (Å²) >= 11 is 1.61. The molecule has 2 aliphatic rings. The van der Waals surface area contributed by atoms with Gasteiger partial charge < -0.3 is 10.2 Å². The number of carbonyl (C=O) groups is 2. The number of fused-ring (bicyclic) bond motifs is 1. The minimum Gasteiger partial charge on any atom is -0.353 e. The van der Waals surface area contributed by atoms with Crippen molar-refractivity contribution in [3.8, 4) is 0 Å². The third-order valence-corrected chi connectivity index (χ3v) is 5.74. The van der Waals surface area contributed by atoms with Crippen LogP contribution < -0.4 is 5.32 Å². The Kier molecular flexibility index (Phi) is 5.26. The molecule has 0 aromatic heterocycles. The number of nitrogens with one attached hydrogen (secondary N) is 1. The molecule has 1 N–H and O–H groups in total. The van der Waals surface area contributed by atoms with Gasteiger partial charge in [-0.25, -0.2) is 0 Å². The molecule has 1 aromatic carbocycles. The maximum absolute atomic E-state index is 12.1. The predicted molar refractivity (Wildman–Crippen MR) is 92.6 cm³/mol. The van der Waals surface area contributed by atoms with Gasteiger partial charge in [-0.1, -0.05) is 6.07 Å². The summed E-state index contributed by atoms with van der Waals surface area (Å²) in [5, 5.41) is 3.10. The van der Waals surface area contributed by atoms with Gasteiger partial charge in [-0.05, 0) is 55.4 Å². The Balaban J connectivity index is 1.42. The Morgan fingerprint density at radius 2 is 1.96 bits per heavy atom. The van der Waals surface area contributed by atoms with E-state index in [-0.39, 0.29) is 17.9 Å². The Bertz CT molecular complexity index is 595.